The lowest BCUT2D eigenvalue weighted by Gasteiger charge is -2.32. The van der Waals surface area contributed by atoms with E-state index in [1.165, 1.54) is 0 Å². The summed E-state index contributed by atoms with van der Waals surface area (Å²) < 4.78 is 0. The molecule has 1 aromatic heterocycles. The van der Waals surface area contributed by atoms with Crippen LogP contribution in [-0.2, 0) is 10.5 Å². The van der Waals surface area contributed by atoms with Gasteiger partial charge in [-0.15, -0.1) is 11.8 Å². The van der Waals surface area contributed by atoms with Gasteiger partial charge in [-0.2, -0.15) is 0 Å². The molecule has 4 nitrogen and oxygen atoms in total. The third-order valence-corrected chi connectivity index (χ3v) is 5.57. The van der Waals surface area contributed by atoms with E-state index < -0.39 is 0 Å². The maximum absolute atomic E-state index is 12.5. The predicted octanol–water partition coefficient (Wildman–Crippen LogP) is 3.77. The molecule has 0 unspecified atom stereocenters. The Bertz CT molecular complexity index is 683. The van der Waals surface area contributed by atoms with Crippen molar-refractivity contribution in [1.29, 1.82) is 0 Å². The number of hydrogen-bond acceptors (Lipinski definition) is 4. The highest BCUT2D eigenvalue weighted by Crippen LogP contribution is 2.26. The minimum Gasteiger partial charge on any atom is -0.341 e. The van der Waals surface area contributed by atoms with E-state index in [4.69, 9.17) is 11.6 Å². The number of carbonyl (C=O) groups excluding carboxylic acids is 1. The number of benzene rings is 1. The molecule has 1 aromatic carbocycles. The van der Waals surface area contributed by atoms with Gasteiger partial charge in [0, 0.05) is 41.7 Å². The zero-order valence-electron chi connectivity index (χ0n) is 13.4. The van der Waals surface area contributed by atoms with Gasteiger partial charge in [0.2, 0.25) is 5.91 Å². The molecule has 0 spiro atoms. The van der Waals surface area contributed by atoms with Gasteiger partial charge in [0.15, 0.2) is 0 Å². The molecule has 1 fully saturated rings. The number of piperidine rings is 1. The van der Waals surface area contributed by atoms with Crippen molar-refractivity contribution in [2.24, 2.45) is 0 Å². The van der Waals surface area contributed by atoms with Gasteiger partial charge < -0.3 is 4.90 Å². The summed E-state index contributed by atoms with van der Waals surface area (Å²) in [5.41, 5.74) is 2.11. The Kier molecular flexibility index (Phi) is 6.10. The largest absolute Gasteiger partial charge is 0.341 e. The molecule has 2 aromatic rings. The number of thioether (sulfide) groups is 1. The second-order valence-electron chi connectivity index (χ2n) is 5.90. The van der Waals surface area contributed by atoms with Crippen molar-refractivity contribution >= 4 is 29.3 Å². The number of halogens is 1. The normalized spacial score (nSPS) is 17.7. The van der Waals surface area contributed by atoms with Gasteiger partial charge >= 0.3 is 0 Å². The highest BCUT2D eigenvalue weighted by atomic mass is 35.5. The second kappa shape index (κ2) is 8.49. The summed E-state index contributed by atoms with van der Waals surface area (Å²) in [6, 6.07) is 9.73. The molecule has 1 aliphatic heterocycles. The number of aromatic nitrogens is 2. The van der Waals surface area contributed by atoms with E-state index >= 15 is 0 Å². The highest BCUT2D eigenvalue weighted by Gasteiger charge is 2.25. The Balaban J connectivity index is 1.50. The van der Waals surface area contributed by atoms with E-state index in [1.807, 2.05) is 35.2 Å². The van der Waals surface area contributed by atoms with E-state index in [-0.39, 0.29) is 5.91 Å². The standard InChI is InChI=1S/C18H20ClN3OS/c19-16-6-2-1-4-15(16)11-24-12-18(23)22-9-3-5-14(10-22)17-7-8-20-13-21-17/h1-2,4,6-8,13-14H,3,5,9-12H2/t14-/m0/s1. The Hall–Kier alpha value is -1.59. The fourth-order valence-electron chi connectivity index (χ4n) is 2.94. The molecular formula is C18H20ClN3OS. The van der Waals surface area contributed by atoms with E-state index in [2.05, 4.69) is 9.97 Å². The van der Waals surface area contributed by atoms with Crippen molar-refractivity contribution in [3.8, 4) is 0 Å². The summed E-state index contributed by atoms with van der Waals surface area (Å²) in [5, 5.41) is 0.763. The maximum Gasteiger partial charge on any atom is 0.232 e. The van der Waals surface area contributed by atoms with Gasteiger partial charge in [0.25, 0.3) is 0 Å². The third-order valence-electron chi connectivity index (χ3n) is 4.24. The van der Waals surface area contributed by atoms with Crippen LogP contribution in [0, 0.1) is 0 Å². The average molecular weight is 362 g/mol. The van der Waals surface area contributed by atoms with E-state index in [9.17, 15) is 4.79 Å². The van der Waals surface area contributed by atoms with Crippen molar-refractivity contribution in [2.75, 3.05) is 18.8 Å². The van der Waals surface area contributed by atoms with Crippen molar-refractivity contribution in [3.05, 3.63) is 59.1 Å². The average Bonchev–Trinajstić information content (AvgIpc) is 2.64. The summed E-state index contributed by atoms with van der Waals surface area (Å²) in [4.78, 5) is 22.8. The topological polar surface area (TPSA) is 46.1 Å². The smallest absolute Gasteiger partial charge is 0.232 e. The Morgan fingerprint density at radius 1 is 1.33 bits per heavy atom. The van der Waals surface area contributed by atoms with Crippen LogP contribution in [0.4, 0.5) is 0 Å². The molecule has 6 heteroatoms. The minimum atomic E-state index is 0.200. The van der Waals surface area contributed by atoms with Crippen LogP contribution in [0.25, 0.3) is 0 Å². The Morgan fingerprint density at radius 2 is 2.21 bits per heavy atom. The SMILES string of the molecule is O=C(CSCc1ccccc1Cl)N1CCC[C@H](c2ccncn2)C1. The number of hydrogen-bond donors (Lipinski definition) is 0. The summed E-state index contributed by atoms with van der Waals surface area (Å²) in [6.45, 7) is 1.59. The fourth-order valence-corrected chi connectivity index (χ4v) is 4.16. The molecule has 0 saturated carbocycles. The Labute approximate surface area is 151 Å². The summed E-state index contributed by atoms with van der Waals surface area (Å²) in [5.74, 6) is 1.76. The van der Waals surface area contributed by atoms with Crippen LogP contribution in [0.5, 0.6) is 0 Å². The van der Waals surface area contributed by atoms with Gasteiger partial charge in [0.05, 0.1) is 5.75 Å². The van der Waals surface area contributed by atoms with Crippen LogP contribution >= 0.6 is 23.4 Å². The third kappa shape index (κ3) is 4.48. The first-order valence-corrected chi connectivity index (χ1v) is 9.62. The van der Waals surface area contributed by atoms with Crippen LogP contribution < -0.4 is 0 Å². The first-order valence-electron chi connectivity index (χ1n) is 8.09. The lowest BCUT2D eigenvalue weighted by Crippen LogP contribution is -2.40. The molecule has 126 valence electrons. The monoisotopic (exact) mass is 361 g/mol. The summed E-state index contributed by atoms with van der Waals surface area (Å²) >= 11 is 7.77. The lowest BCUT2D eigenvalue weighted by atomic mass is 9.94. The lowest BCUT2D eigenvalue weighted by molar-refractivity contribution is -0.129. The minimum absolute atomic E-state index is 0.200. The highest BCUT2D eigenvalue weighted by molar-refractivity contribution is 7.99. The molecule has 1 amide bonds. The molecule has 2 heterocycles. The van der Waals surface area contributed by atoms with E-state index in [0.29, 0.717) is 11.7 Å². The fraction of sp³-hybridized carbons (Fsp3) is 0.389. The van der Waals surface area contributed by atoms with Gasteiger partial charge in [0.1, 0.15) is 6.33 Å². The molecule has 24 heavy (non-hydrogen) atoms. The van der Waals surface area contributed by atoms with Crippen LogP contribution in [0.1, 0.15) is 30.0 Å². The number of nitrogens with zero attached hydrogens (tertiary/aromatic N) is 3. The molecular weight excluding hydrogens is 342 g/mol. The zero-order valence-corrected chi connectivity index (χ0v) is 15.0. The van der Waals surface area contributed by atoms with Crippen molar-refractivity contribution in [1.82, 2.24) is 14.9 Å². The van der Waals surface area contributed by atoms with Gasteiger partial charge in [-0.25, -0.2) is 9.97 Å². The quantitative estimate of drug-likeness (QED) is 0.813. The number of rotatable bonds is 5. The molecule has 0 N–H and O–H groups in total. The summed E-state index contributed by atoms with van der Waals surface area (Å²) in [6.07, 6.45) is 5.45. The van der Waals surface area contributed by atoms with Gasteiger partial charge in [-0.05, 0) is 30.5 Å². The maximum atomic E-state index is 12.5. The molecule has 1 saturated heterocycles. The second-order valence-corrected chi connectivity index (χ2v) is 7.29. The summed E-state index contributed by atoms with van der Waals surface area (Å²) in [7, 11) is 0. The van der Waals surface area contributed by atoms with Crippen LogP contribution in [0.2, 0.25) is 5.02 Å². The van der Waals surface area contributed by atoms with Crippen LogP contribution in [-0.4, -0.2) is 39.6 Å². The molecule has 0 radical (unpaired) electrons. The van der Waals surface area contributed by atoms with Crippen LogP contribution in [0.3, 0.4) is 0 Å². The van der Waals surface area contributed by atoms with E-state index in [1.54, 1.807) is 24.3 Å². The first-order chi connectivity index (χ1) is 11.7. The van der Waals surface area contributed by atoms with Gasteiger partial charge in [-0.3, -0.25) is 4.79 Å². The molecule has 1 atom stereocenters. The molecule has 3 rings (SSSR count). The number of amides is 1. The van der Waals surface area contributed by atoms with Crippen molar-refractivity contribution < 1.29 is 4.79 Å². The van der Waals surface area contributed by atoms with Crippen LogP contribution in [0.15, 0.2) is 42.9 Å². The first kappa shape index (κ1) is 17.2. The molecule has 0 aliphatic carbocycles. The number of carbonyl (C=O) groups is 1. The van der Waals surface area contributed by atoms with Crippen molar-refractivity contribution in [3.63, 3.8) is 0 Å². The van der Waals surface area contributed by atoms with Gasteiger partial charge in [-0.1, -0.05) is 29.8 Å². The molecule has 0 bridgehead atoms. The predicted molar refractivity (Wildman–Crippen MR) is 98.2 cm³/mol. The van der Waals surface area contributed by atoms with Crippen molar-refractivity contribution in [2.45, 2.75) is 24.5 Å². The number of likely N-dealkylation sites (tertiary alicyclic amines) is 1. The Morgan fingerprint density at radius 3 is 3.00 bits per heavy atom. The van der Waals surface area contributed by atoms with E-state index in [0.717, 1.165) is 48.0 Å². The molecule has 1 aliphatic rings. The zero-order chi connectivity index (χ0) is 16.8.